The van der Waals surface area contributed by atoms with Crippen LogP contribution in [-0.2, 0) is 16.1 Å². The molecular formula is C25H29N5O3. The van der Waals surface area contributed by atoms with Gasteiger partial charge in [0.25, 0.3) is 5.91 Å². The highest BCUT2D eigenvalue weighted by atomic mass is 16.5. The van der Waals surface area contributed by atoms with E-state index in [-0.39, 0.29) is 24.5 Å². The van der Waals surface area contributed by atoms with Crippen LogP contribution in [0.5, 0.6) is 0 Å². The third-order valence-electron chi connectivity index (χ3n) is 5.47. The van der Waals surface area contributed by atoms with Crippen LogP contribution in [0, 0.1) is 5.92 Å². The van der Waals surface area contributed by atoms with Gasteiger partial charge in [-0.1, -0.05) is 26.0 Å². The largest absolute Gasteiger partial charge is 0.370 e. The zero-order valence-electron chi connectivity index (χ0n) is 19.0. The molecule has 33 heavy (non-hydrogen) atoms. The van der Waals surface area contributed by atoms with E-state index in [9.17, 15) is 9.59 Å². The van der Waals surface area contributed by atoms with Crippen molar-refractivity contribution in [1.29, 1.82) is 0 Å². The maximum absolute atomic E-state index is 13.4. The Morgan fingerprint density at radius 1 is 1.15 bits per heavy atom. The summed E-state index contributed by atoms with van der Waals surface area (Å²) >= 11 is 0. The van der Waals surface area contributed by atoms with E-state index in [1.54, 1.807) is 40.3 Å². The van der Waals surface area contributed by atoms with Crippen LogP contribution in [0.25, 0.3) is 5.69 Å². The Hall–Kier alpha value is -3.52. The van der Waals surface area contributed by atoms with Crippen molar-refractivity contribution in [2.45, 2.75) is 26.6 Å². The number of nitrogens with zero attached hydrogens (tertiary/aromatic N) is 5. The Balaban J connectivity index is 1.54. The average Bonchev–Trinajstić information content (AvgIpc) is 3.31. The van der Waals surface area contributed by atoms with Gasteiger partial charge in [-0.3, -0.25) is 14.6 Å². The number of rotatable bonds is 7. The third kappa shape index (κ3) is 5.84. The molecule has 0 aliphatic carbocycles. The first kappa shape index (κ1) is 22.7. The molecule has 0 spiro atoms. The van der Waals surface area contributed by atoms with Gasteiger partial charge in [-0.25, -0.2) is 4.68 Å². The quantitative estimate of drug-likeness (QED) is 0.556. The molecule has 0 N–H and O–H groups in total. The number of hydrogen-bond donors (Lipinski definition) is 0. The molecule has 2 amide bonds. The SMILES string of the molecule is CC(C)CN1C[C@H](OCc2cccnc2)CN(C(=O)c2cccc(-n3cccn3)c2)CC1=O. The molecule has 0 saturated carbocycles. The fourth-order valence-corrected chi connectivity index (χ4v) is 3.94. The molecule has 1 aromatic carbocycles. The normalized spacial score (nSPS) is 16.8. The predicted molar refractivity (Wildman–Crippen MR) is 124 cm³/mol. The Kier molecular flexibility index (Phi) is 7.14. The molecular weight excluding hydrogens is 418 g/mol. The number of carbonyl (C=O) groups is 2. The molecule has 0 radical (unpaired) electrons. The topological polar surface area (TPSA) is 80.6 Å². The Labute approximate surface area is 193 Å². The van der Waals surface area contributed by atoms with Crippen LogP contribution in [-0.4, -0.2) is 68.7 Å². The minimum Gasteiger partial charge on any atom is -0.370 e. The van der Waals surface area contributed by atoms with Crippen molar-refractivity contribution in [3.8, 4) is 5.69 Å². The molecule has 1 fully saturated rings. The van der Waals surface area contributed by atoms with Gasteiger partial charge < -0.3 is 14.5 Å². The number of pyridine rings is 1. The molecule has 172 valence electrons. The summed E-state index contributed by atoms with van der Waals surface area (Å²) in [4.78, 5) is 34.0. The Bertz CT molecular complexity index is 1070. The van der Waals surface area contributed by atoms with Gasteiger partial charge in [0, 0.05) is 50.0 Å². The second-order valence-corrected chi connectivity index (χ2v) is 8.67. The van der Waals surface area contributed by atoms with E-state index in [0.29, 0.717) is 37.7 Å². The Morgan fingerprint density at radius 2 is 2.03 bits per heavy atom. The summed E-state index contributed by atoms with van der Waals surface area (Å²) in [6, 6.07) is 12.9. The third-order valence-corrected chi connectivity index (χ3v) is 5.47. The molecule has 3 aromatic rings. The fraction of sp³-hybridized carbons (Fsp3) is 0.360. The van der Waals surface area contributed by atoms with Crippen molar-refractivity contribution in [3.63, 3.8) is 0 Å². The van der Waals surface area contributed by atoms with Crippen LogP contribution in [0.2, 0.25) is 0 Å². The summed E-state index contributed by atoms with van der Waals surface area (Å²) in [6.07, 6.45) is 6.70. The van der Waals surface area contributed by atoms with Crippen molar-refractivity contribution in [1.82, 2.24) is 24.6 Å². The van der Waals surface area contributed by atoms with Crippen LogP contribution in [0.1, 0.15) is 29.8 Å². The van der Waals surface area contributed by atoms with Crippen LogP contribution in [0.4, 0.5) is 0 Å². The smallest absolute Gasteiger partial charge is 0.254 e. The van der Waals surface area contributed by atoms with Crippen molar-refractivity contribution in [2.75, 3.05) is 26.2 Å². The van der Waals surface area contributed by atoms with Crippen LogP contribution >= 0.6 is 0 Å². The molecule has 8 nitrogen and oxygen atoms in total. The summed E-state index contributed by atoms with van der Waals surface area (Å²) in [5, 5.41) is 4.24. The number of benzene rings is 1. The highest BCUT2D eigenvalue weighted by Crippen LogP contribution is 2.17. The predicted octanol–water partition coefficient (Wildman–Crippen LogP) is 2.79. The lowest BCUT2D eigenvalue weighted by Crippen LogP contribution is -2.40. The minimum atomic E-state index is -0.298. The number of ether oxygens (including phenoxy) is 1. The van der Waals surface area contributed by atoms with Crippen LogP contribution in [0.3, 0.4) is 0 Å². The molecule has 8 heteroatoms. The molecule has 1 aliphatic heterocycles. The van der Waals surface area contributed by atoms with Gasteiger partial charge in [-0.05, 0) is 41.8 Å². The average molecular weight is 448 g/mol. The lowest BCUT2D eigenvalue weighted by atomic mass is 10.1. The van der Waals surface area contributed by atoms with E-state index >= 15 is 0 Å². The van der Waals surface area contributed by atoms with E-state index in [1.807, 2.05) is 41.4 Å². The van der Waals surface area contributed by atoms with E-state index in [4.69, 9.17) is 4.74 Å². The molecule has 3 heterocycles. The zero-order valence-corrected chi connectivity index (χ0v) is 19.0. The molecule has 2 aromatic heterocycles. The highest BCUT2D eigenvalue weighted by molar-refractivity contribution is 5.97. The van der Waals surface area contributed by atoms with Gasteiger partial charge in [0.1, 0.15) is 6.54 Å². The summed E-state index contributed by atoms with van der Waals surface area (Å²) < 4.78 is 7.87. The number of amides is 2. The van der Waals surface area contributed by atoms with Gasteiger partial charge in [0.15, 0.2) is 0 Å². The van der Waals surface area contributed by atoms with E-state index in [2.05, 4.69) is 23.9 Å². The van der Waals surface area contributed by atoms with Gasteiger partial charge in [-0.15, -0.1) is 0 Å². The van der Waals surface area contributed by atoms with Gasteiger partial charge in [0.2, 0.25) is 5.91 Å². The second-order valence-electron chi connectivity index (χ2n) is 8.67. The highest BCUT2D eigenvalue weighted by Gasteiger charge is 2.31. The van der Waals surface area contributed by atoms with Crippen LogP contribution in [0.15, 0.2) is 67.3 Å². The molecule has 4 rings (SSSR count). The monoisotopic (exact) mass is 447 g/mol. The minimum absolute atomic E-state index is 0.0320. The molecule has 1 atom stereocenters. The standard InChI is InChI=1S/C25H29N5O3/c1-19(2)14-28-15-23(33-18-20-6-4-9-26-13-20)16-29(17-24(28)31)25(32)21-7-3-8-22(12-21)30-11-5-10-27-30/h3-13,19,23H,14-18H2,1-2H3/t23-/m0/s1. The maximum atomic E-state index is 13.4. The van der Waals surface area contributed by atoms with E-state index in [1.165, 1.54) is 0 Å². The fourth-order valence-electron chi connectivity index (χ4n) is 3.94. The number of hydrogen-bond acceptors (Lipinski definition) is 5. The summed E-state index contributed by atoms with van der Waals surface area (Å²) in [5.74, 6) is 0.0624. The lowest BCUT2D eigenvalue weighted by Gasteiger charge is -2.26. The first-order chi connectivity index (χ1) is 16.0. The first-order valence-electron chi connectivity index (χ1n) is 11.2. The van der Waals surface area contributed by atoms with Crippen molar-refractivity contribution in [2.24, 2.45) is 5.92 Å². The van der Waals surface area contributed by atoms with Crippen molar-refractivity contribution in [3.05, 3.63) is 78.4 Å². The van der Waals surface area contributed by atoms with E-state index < -0.39 is 0 Å². The summed E-state index contributed by atoms with van der Waals surface area (Å²) in [6.45, 7) is 5.98. The van der Waals surface area contributed by atoms with E-state index in [0.717, 1.165) is 11.3 Å². The van der Waals surface area contributed by atoms with Crippen molar-refractivity contribution < 1.29 is 14.3 Å². The first-order valence-corrected chi connectivity index (χ1v) is 11.2. The Morgan fingerprint density at radius 3 is 2.76 bits per heavy atom. The molecule has 0 bridgehead atoms. The van der Waals surface area contributed by atoms with Gasteiger partial charge in [-0.2, -0.15) is 5.10 Å². The maximum Gasteiger partial charge on any atom is 0.254 e. The lowest BCUT2D eigenvalue weighted by molar-refractivity contribution is -0.132. The zero-order chi connectivity index (χ0) is 23.2. The second kappa shape index (κ2) is 10.4. The molecule has 0 unspecified atom stereocenters. The molecule has 1 saturated heterocycles. The van der Waals surface area contributed by atoms with Crippen molar-refractivity contribution >= 4 is 11.8 Å². The van der Waals surface area contributed by atoms with Crippen LogP contribution < -0.4 is 0 Å². The number of carbonyl (C=O) groups excluding carboxylic acids is 2. The van der Waals surface area contributed by atoms with Gasteiger partial charge in [0.05, 0.1) is 18.4 Å². The number of aromatic nitrogens is 3. The summed E-state index contributed by atoms with van der Waals surface area (Å²) in [5.41, 5.74) is 2.25. The van der Waals surface area contributed by atoms with Gasteiger partial charge >= 0.3 is 0 Å². The molecule has 1 aliphatic rings. The summed E-state index contributed by atoms with van der Waals surface area (Å²) in [7, 11) is 0.